The Labute approximate surface area is 237 Å². The van der Waals surface area contributed by atoms with Gasteiger partial charge in [-0.05, 0) is 10.8 Å². The molecule has 0 amide bonds. The molecule has 0 saturated carbocycles. The summed E-state index contributed by atoms with van der Waals surface area (Å²) in [6.45, 7) is 27.9. The first-order chi connectivity index (χ1) is 16.3. The first-order valence-electron chi connectivity index (χ1n) is 13.3. The molecule has 1 aliphatic rings. The van der Waals surface area contributed by atoms with E-state index in [0.717, 1.165) is 6.42 Å². The van der Waals surface area contributed by atoms with E-state index in [-0.39, 0.29) is 16.3 Å². The van der Waals surface area contributed by atoms with Gasteiger partial charge in [-0.15, -0.1) is 46.2 Å². The Morgan fingerprint density at radius 3 is 1.33 bits per heavy atom. The van der Waals surface area contributed by atoms with Crippen LogP contribution < -0.4 is 0 Å². The van der Waals surface area contributed by atoms with E-state index in [9.17, 15) is 0 Å². The maximum Gasteiger partial charge on any atom is -0.0202 e. The van der Waals surface area contributed by atoms with Crippen molar-refractivity contribution in [1.82, 2.24) is 0 Å². The van der Waals surface area contributed by atoms with Gasteiger partial charge in [0.25, 0.3) is 0 Å². The van der Waals surface area contributed by atoms with E-state index in [4.69, 9.17) is 0 Å². The molecule has 2 heteroatoms. The SMILES string of the molecule is CC(C)(C)[Si](=[Zr+2])C(C)(C)C.CC(C)(C)c1ccc2c(c1)[cH-]c1cc(C(C)(C)C)ccc12.[C-]1=CC=CC1. The normalized spacial score (nSPS) is 13.9. The van der Waals surface area contributed by atoms with Crippen LogP contribution in [0.5, 0.6) is 0 Å². The zero-order chi connectivity index (χ0) is 27.5. The van der Waals surface area contributed by atoms with Crippen LogP contribution in [-0.2, 0) is 34.2 Å². The summed E-state index contributed by atoms with van der Waals surface area (Å²) < 4.78 is 0. The topological polar surface area (TPSA) is 0 Å². The molecule has 0 N–H and O–H groups in total. The van der Waals surface area contributed by atoms with E-state index in [0.29, 0.717) is 10.1 Å². The Kier molecular flexibility index (Phi) is 10.1. The minimum absolute atomic E-state index is 0.131. The van der Waals surface area contributed by atoms with Crippen molar-refractivity contribution in [3.63, 3.8) is 0 Å². The predicted molar refractivity (Wildman–Crippen MR) is 161 cm³/mol. The zero-order valence-electron chi connectivity index (χ0n) is 25.0. The van der Waals surface area contributed by atoms with Gasteiger partial charge in [0, 0.05) is 0 Å². The second-order valence-corrected chi connectivity index (χ2v) is 21.6. The van der Waals surface area contributed by atoms with Crippen LogP contribution >= 0.6 is 0 Å². The van der Waals surface area contributed by atoms with Crippen molar-refractivity contribution < 1.29 is 23.3 Å². The average Bonchev–Trinajstić information content (AvgIpc) is 3.41. The van der Waals surface area contributed by atoms with E-state index >= 15 is 0 Å². The summed E-state index contributed by atoms with van der Waals surface area (Å²) in [5, 5.41) is 6.64. The molecule has 0 saturated heterocycles. The van der Waals surface area contributed by atoms with Gasteiger partial charge in [0.1, 0.15) is 0 Å². The molecule has 36 heavy (non-hydrogen) atoms. The van der Waals surface area contributed by atoms with Gasteiger partial charge >= 0.3 is 80.4 Å². The van der Waals surface area contributed by atoms with Crippen molar-refractivity contribution in [1.29, 1.82) is 0 Å². The Hall–Kier alpha value is -1.11. The molecule has 0 spiro atoms. The fraction of sp³-hybridized carbons (Fsp3) is 0.500. The van der Waals surface area contributed by atoms with E-state index < -0.39 is 0 Å². The molecule has 0 bridgehead atoms. The van der Waals surface area contributed by atoms with E-state index in [2.05, 4.69) is 138 Å². The van der Waals surface area contributed by atoms with Crippen LogP contribution in [0, 0.1) is 6.08 Å². The smallest absolute Gasteiger partial charge is 0.0202 e. The minimum Gasteiger partial charge on any atom is -0.273 e. The Morgan fingerprint density at radius 1 is 0.694 bits per heavy atom. The van der Waals surface area contributed by atoms with Gasteiger partial charge in [0.2, 0.25) is 0 Å². The standard InChI is InChI=1S/C21H25.C8H18Si.C5H5.Zr/c1-20(2,3)16-7-9-18-14(12-16)11-15-13-17(21(4,5)6)8-10-19(15)18;1-7(2,3)9-8(4,5)6;1-2-4-5-3-1;/h7-13H,1-6H3;1-6H3;1-3H,4H2;/q-1;;-1;+2. The molecule has 0 aromatic heterocycles. The van der Waals surface area contributed by atoms with Crippen LogP contribution in [0.15, 0.2) is 60.7 Å². The number of allylic oxidation sites excluding steroid dienone is 4. The Morgan fingerprint density at radius 2 is 1.11 bits per heavy atom. The van der Waals surface area contributed by atoms with Crippen molar-refractivity contribution >= 4 is 27.0 Å². The fourth-order valence-corrected chi connectivity index (χ4v) is 6.67. The van der Waals surface area contributed by atoms with Gasteiger partial charge in [-0.3, -0.25) is 6.08 Å². The van der Waals surface area contributed by atoms with Gasteiger partial charge < -0.3 is 0 Å². The molecule has 3 aromatic rings. The minimum atomic E-state index is -0.131. The molecular weight excluding hydrogens is 528 g/mol. The van der Waals surface area contributed by atoms with Crippen LogP contribution in [0.3, 0.4) is 0 Å². The molecule has 1 aliphatic carbocycles. The Balaban J connectivity index is 0.000000252. The molecule has 0 heterocycles. The molecule has 3 aromatic carbocycles. The van der Waals surface area contributed by atoms with E-state index in [1.165, 1.54) is 32.7 Å². The molecular formula is C34H48SiZr. The van der Waals surface area contributed by atoms with Gasteiger partial charge in [-0.25, -0.2) is 12.2 Å². The first kappa shape index (κ1) is 31.1. The number of fused-ring (bicyclic) bond motifs is 3. The third-order valence-corrected chi connectivity index (χ3v) is 20.6. The molecule has 0 aliphatic heterocycles. The van der Waals surface area contributed by atoms with Crippen molar-refractivity contribution in [2.75, 3.05) is 0 Å². The summed E-state index contributed by atoms with van der Waals surface area (Å²) in [6.07, 6.45) is 10.0. The van der Waals surface area contributed by atoms with Crippen molar-refractivity contribution in [3.05, 3.63) is 77.9 Å². The van der Waals surface area contributed by atoms with Crippen LogP contribution in [0.2, 0.25) is 10.1 Å². The van der Waals surface area contributed by atoms with Crippen molar-refractivity contribution in [2.24, 2.45) is 0 Å². The molecule has 0 radical (unpaired) electrons. The van der Waals surface area contributed by atoms with Crippen molar-refractivity contribution in [3.8, 4) is 0 Å². The maximum absolute atomic E-state index is 2.99. The zero-order valence-corrected chi connectivity index (χ0v) is 28.4. The van der Waals surface area contributed by atoms with Crippen molar-refractivity contribution in [2.45, 2.75) is 110 Å². The summed E-state index contributed by atoms with van der Waals surface area (Å²) in [6, 6.07) is 16.2. The summed E-state index contributed by atoms with van der Waals surface area (Å²) in [5.41, 5.74) is 3.08. The molecule has 0 unspecified atom stereocenters. The monoisotopic (exact) mass is 574 g/mol. The van der Waals surface area contributed by atoms with Crippen LogP contribution in [0.1, 0.15) is 101 Å². The van der Waals surface area contributed by atoms with Gasteiger partial charge in [0.05, 0.1) is 0 Å². The number of benzene rings is 2. The molecule has 0 fully saturated rings. The van der Waals surface area contributed by atoms with Crippen LogP contribution in [0.25, 0.3) is 21.5 Å². The number of rotatable bonds is 0. The number of hydrogen-bond donors (Lipinski definition) is 0. The predicted octanol–water partition coefficient (Wildman–Crippen LogP) is 10.7. The van der Waals surface area contributed by atoms with Crippen LogP contribution in [-0.4, -0.2) is 5.43 Å². The third kappa shape index (κ3) is 8.73. The summed E-state index contributed by atoms with van der Waals surface area (Å²) in [4.78, 5) is 0. The first-order valence-corrected chi connectivity index (χ1v) is 18.5. The fourth-order valence-electron chi connectivity index (χ4n) is 4.42. The quantitative estimate of drug-likeness (QED) is 0.185. The molecule has 4 rings (SSSR count). The maximum atomic E-state index is 2.99. The van der Waals surface area contributed by atoms with E-state index in [1.54, 1.807) is 23.3 Å². The Bertz CT molecular complexity index is 1140. The van der Waals surface area contributed by atoms with Gasteiger partial charge in [-0.1, -0.05) is 76.9 Å². The third-order valence-electron chi connectivity index (χ3n) is 6.52. The summed E-state index contributed by atoms with van der Waals surface area (Å²) in [5.74, 6) is 0. The molecule has 192 valence electrons. The number of hydrogen-bond acceptors (Lipinski definition) is 0. The molecule has 0 nitrogen and oxygen atoms in total. The molecule has 0 atom stereocenters. The van der Waals surface area contributed by atoms with Gasteiger partial charge in [0.15, 0.2) is 0 Å². The summed E-state index contributed by atoms with van der Waals surface area (Å²) >= 11 is 1.77. The second-order valence-electron chi connectivity index (χ2n) is 14.1. The second kappa shape index (κ2) is 11.7. The summed E-state index contributed by atoms with van der Waals surface area (Å²) in [7, 11) is 0. The average molecular weight is 576 g/mol. The van der Waals surface area contributed by atoms with Crippen LogP contribution in [0.4, 0.5) is 0 Å². The van der Waals surface area contributed by atoms with Gasteiger partial charge in [-0.2, -0.15) is 6.08 Å². The van der Waals surface area contributed by atoms with E-state index in [1.807, 2.05) is 12.2 Å². The largest absolute Gasteiger partial charge is 0.273 e.